The number of rotatable bonds is 19. The lowest BCUT2D eigenvalue weighted by molar-refractivity contribution is -0.159. The van der Waals surface area contributed by atoms with Gasteiger partial charge in [0.05, 0.1) is 13.2 Å². The molecular weight excluding hydrogens is 408 g/mol. The number of carbonyl (C=O) groups is 4. The van der Waals surface area contributed by atoms with Gasteiger partial charge in [0, 0.05) is 25.7 Å². The molecule has 0 saturated heterocycles. The van der Waals surface area contributed by atoms with Crippen LogP contribution in [0.15, 0.2) is 0 Å². The van der Waals surface area contributed by atoms with Gasteiger partial charge in [-0.25, -0.2) is 0 Å². The van der Waals surface area contributed by atoms with Crippen LogP contribution < -0.4 is 0 Å². The van der Waals surface area contributed by atoms with Gasteiger partial charge in [0.2, 0.25) is 0 Å². The van der Waals surface area contributed by atoms with Crippen molar-refractivity contribution in [2.45, 2.75) is 103 Å². The number of carboxylic acid groups (broad SMARTS) is 2. The van der Waals surface area contributed by atoms with E-state index in [9.17, 15) is 19.2 Å². The molecule has 0 aliphatic rings. The second kappa shape index (κ2) is 24.3. The number of esters is 2. The van der Waals surface area contributed by atoms with Crippen LogP contribution in [0.25, 0.3) is 0 Å². The Kier molecular flexibility index (Phi) is 24.4. The highest BCUT2D eigenvalue weighted by molar-refractivity contribution is 5.85. The van der Waals surface area contributed by atoms with Crippen molar-refractivity contribution in [1.29, 1.82) is 0 Å². The fraction of sp³-hybridized carbons (Fsp3) is 0.818. The van der Waals surface area contributed by atoms with Gasteiger partial charge in [0.1, 0.15) is 0 Å². The highest BCUT2D eigenvalue weighted by Crippen LogP contribution is 2.11. The molecule has 0 aliphatic carbocycles. The van der Waals surface area contributed by atoms with Crippen molar-refractivity contribution in [2.75, 3.05) is 13.2 Å². The van der Waals surface area contributed by atoms with Crippen LogP contribution in [0.3, 0.4) is 0 Å². The molecule has 0 spiro atoms. The molecule has 9 heteroatoms. The molecule has 0 fully saturated rings. The van der Waals surface area contributed by atoms with Gasteiger partial charge in [0.15, 0.2) is 0 Å². The standard InChI is InChI=1S/C20H34O7.C2H6O2/c21-17(22)13-9-5-1-3-7-11-15-19(25)27-20(26)16-12-8-4-2-6-10-14-18(23)24;3-1-2-4/h1-16H2,(H,21,22)(H,23,24);3-4H,1-2H2. The molecule has 0 heterocycles. The van der Waals surface area contributed by atoms with Gasteiger partial charge < -0.3 is 25.2 Å². The molecule has 0 rings (SSSR count). The summed E-state index contributed by atoms with van der Waals surface area (Å²) in [4.78, 5) is 43.9. The SMILES string of the molecule is O=C(O)CCCCCCCCC(=O)OC(=O)CCCCCCCCC(=O)O.OCCO. The number of unbranched alkanes of at least 4 members (excludes halogenated alkanes) is 10. The third kappa shape index (κ3) is 30.3. The van der Waals surface area contributed by atoms with Crippen LogP contribution in [0.4, 0.5) is 0 Å². The molecule has 0 saturated carbocycles. The molecule has 0 aliphatic heterocycles. The lowest BCUT2D eigenvalue weighted by Gasteiger charge is -2.04. The van der Waals surface area contributed by atoms with Crippen LogP contribution in [-0.4, -0.2) is 57.5 Å². The summed E-state index contributed by atoms with van der Waals surface area (Å²) in [6.45, 7) is -0.250. The Morgan fingerprint density at radius 2 is 0.710 bits per heavy atom. The number of hydrogen-bond donors (Lipinski definition) is 4. The van der Waals surface area contributed by atoms with Gasteiger partial charge in [-0.1, -0.05) is 51.4 Å². The molecule has 182 valence electrons. The Balaban J connectivity index is 0. The lowest BCUT2D eigenvalue weighted by atomic mass is 10.1. The summed E-state index contributed by atoms with van der Waals surface area (Å²) in [7, 11) is 0. The third-order valence-corrected chi connectivity index (χ3v) is 4.37. The minimum Gasteiger partial charge on any atom is -0.481 e. The molecule has 9 nitrogen and oxygen atoms in total. The van der Waals surface area contributed by atoms with Crippen molar-refractivity contribution in [3.63, 3.8) is 0 Å². The Bertz CT molecular complexity index is 436. The minimum atomic E-state index is -0.766. The van der Waals surface area contributed by atoms with E-state index in [2.05, 4.69) is 0 Å². The van der Waals surface area contributed by atoms with Crippen LogP contribution >= 0.6 is 0 Å². The fourth-order valence-corrected chi connectivity index (χ4v) is 2.73. The van der Waals surface area contributed by atoms with E-state index in [1.807, 2.05) is 0 Å². The maximum absolute atomic E-state index is 11.6. The zero-order valence-corrected chi connectivity index (χ0v) is 18.6. The van der Waals surface area contributed by atoms with Crippen LogP contribution in [0.1, 0.15) is 103 Å². The first-order chi connectivity index (χ1) is 14.8. The van der Waals surface area contributed by atoms with Gasteiger partial charge in [-0.15, -0.1) is 0 Å². The van der Waals surface area contributed by atoms with Crippen molar-refractivity contribution < 1.29 is 44.3 Å². The smallest absolute Gasteiger partial charge is 0.313 e. The van der Waals surface area contributed by atoms with Crippen LogP contribution in [0.2, 0.25) is 0 Å². The average molecular weight is 449 g/mol. The van der Waals surface area contributed by atoms with Crippen LogP contribution in [0, 0.1) is 0 Å². The summed E-state index contributed by atoms with van der Waals surface area (Å²) in [6, 6.07) is 0. The van der Waals surface area contributed by atoms with E-state index >= 15 is 0 Å². The maximum Gasteiger partial charge on any atom is 0.313 e. The number of carboxylic acids is 2. The molecule has 0 aromatic rings. The molecule has 0 radical (unpaired) electrons. The van der Waals surface area contributed by atoms with Crippen molar-refractivity contribution in [3.05, 3.63) is 0 Å². The number of aliphatic hydroxyl groups excluding tert-OH is 2. The molecule has 0 atom stereocenters. The first-order valence-electron chi connectivity index (χ1n) is 11.2. The number of hydrogen-bond acceptors (Lipinski definition) is 7. The van der Waals surface area contributed by atoms with Crippen molar-refractivity contribution in [1.82, 2.24) is 0 Å². The Labute approximate surface area is 184 Å². The van der Waals surface area contributed by atoms with Crippen LogP contribution in [0.5, 0.6) is 0 Å². The summed E-state index contributed by atoms with van der Waals surface area (Å²) in [5, 5.41) is 32.3. The van der Waals surface area contributed by atoms with Gasteiger partial charge in [0.25, 0.3) is 0 Å². The lowest BCUT2D eigenvalue weighted by Crippen LogP contribution is -2.11. The summed E-state index contributed by atoms with van der Waals surface area (Å²) in [6.07, 6.45) is 11.0. The minimum absolute atomic E-state index is 0.125. The number of ether oxygens (including phenoxy) is 1. The predicted octanol–water partition coefficient (Wildman–Crippen LogP) is 3.44. The second-order valence-electron chi connectivity index (χ2n) is 7.32. The molecule has 31 heavy (non-hydrogen) atoms. The Hall–Kier alpha value is -2.00. The van der Waals surface area contributed by atoms with Gasteiger partial charge in [-0.2, -0.15) is 0 Å². The van der Waals surface area contributed by atoms with E-state index < -0.39 is 23.9 Å². The normalized spacial score (nSPS) is 10.1. The number of aliphatic carboxylic acids is 2. The molecular formula is C22H40O9. The molecule has 0 amide bonds. The summed E-state index contributed by atoms with van der Waals surface area (Å²) in [5.74, 6) is -2.48. The van der Waals surface area contributed by atoms with E-state index in [0.29, 0.717) is 25.7 Å². The zero-order valence-electron chi connectivity index (χ0n) is 18.6. The van der Waals surface area contributed by atoms with Crippen molar-refractivity contribution >= 4 is 23.9 Å². The van der Waals surface area contributed by atoms with E-state index in [-0.39, 0.29) is 38.9 Å². The largest absolute Gasteiger partial charge is 0.481 e. The fourth-order valence-electron chi connectivity index (χ4n) is 2.73. The Morgan fingerprint density at radius 1 is 0.452 bits per heavy atom. The summed E-state index contributed by atoms with van der Waals surface area (Å²) >= 11 is 0. The van der Waals surface area contributed by atoms with E-state index in [1.54, 1.807) is 0 Å². The van der Waals surface area contributed by atoms with Crippen LogP contribution in [-0.2, 0) is 23.9 Å². The summed E-state index contributed by atoms with van der Waals surface area (Å²) in [5.41, 5.74) is 0. The van der Waals surface area contributed by atoms with Crippen molar-refractivity contribution in [3.8, 4) is 0 Å². The quantitative estimate of drug-likeness (QED) is 0.132. The Morgan fingerprint density at radius 3 is 0.968 bits per heavy atom. The highest BCUT2D eigenvalue weighted by Gasteiger charge is 2.10. The number of carbonyl (C=O) groups excluding carboxylic acids is 2. The van der Waals surface area contributed by atoms with E-state index in [0.717, 1.165) is 51.4 Å². The van der Waals surface area contributed by atoms with E-state index in [4.69, 9.17) is 25.2 Å². The number of aliphatic hydroxyl groups is 2. The first kappa shape index (κ1) is 31.2. The van der Waals surface area contributed by atoms with Crippen molar-refractivity contribution in [2.24, 2.45) is 0 Å². The van der Waals surface area contributed by atoms with E-state index in [1.165, 1.54) is 0 Å². The summed E-state index contributed by atoms with van der Waals surface area (Å²) < 4.78 is 4.78. The molecule has 0 aromatic heterocycles. The monoisotopic (exact) mass is 448 g/mol. The van der Waals surface area contributed by atoms with Gasteiger partial charge >= 0.3 is 23.9 Å². The molecule has 0 bridgehead atoms. The average Bonchev–Trinajstić information content (AvgIpc) is 2.71. The topological polar surface area (TPSA) is 158 Å². The zero-order chi connectivity index (χ0) is 23.7. The third-order valence-electron chi connectivity index (χ3n) is 4.37. The second-order valence-corrected chi connectivity index (χ2v) is 7.32. The predicted molar refractivity (Wildman–Crippen MR) is 114 cm³/mol. The maximum atomic E-state index is 11.6. The molecule has 0 unspecified atom stereocenters. The molecule has 0 aromatic carbocycles. The first-order valence-corrected chi connectivity index (χ1v) is 11.2. The van der Waals surface area contributed by atoms with Gasteiger partial charge in [-0.3, -0.25) is 19.2 Å². The highest BCUT2D eigenvalue weighted by atomic mass is 16.6. The molecule has 4 N–H and O–H groups in total. The van der Waals surface area contributed by atoms with Gasteiger partial charge in [-0.05, 0) is 25.7 Å².